The van der Waals surface area contributed by atoms with Gasteiger partial charge < -0.3 is 10.2 Å². The highest BCUT2D eigenvalue weighted by atomic mass is 16.3. The van der Waals surface area contributed by atoms with Gasteiger partial charge in [0, 0.05) is 6.61 Å². The van der Waals surface area contributed by atoms with Crippen LogP contribution in [-0.2, 0) is 0 Å². The Morgan fingerprint density at radius 1 is 0.429 bits per heavy atom. The molecule has 1 unspecified atom stereocenters. The van der Waals surface area contributed by atoms with Crippen LogP contribution in [0.1, 0.15) is 155 Å². The molecular weight excluding hydrogens is 344 g/mol. The number of rotatable bonds is 24. The van der Waals surface area contributed by atoms with E-state index in [4.69, 9.17) is 5.11 Å². The molecule has 0 saturated carbocycles. The predicted octanol–water partition coefficient (Wildman–Crippen LogP) is 8.33. The van der Waals surface area contributed by atoms with Crippen LogP contribution >= 0.6 is 0 Å². The molecule has 0 fully saturated rings. The van der Waals surface area contributed by atoms with Crippen molar-refractivity contribution in [1.82, 2.24) is 0 Å². The van der Waals surface area contributed by atoms with Gasteiger partial charge in [-0.25, -0.2) is 0 Å². The Morgan fingerprint density at radius 2 is 0.714 bits per heavy atom. The third-order valence-corrected chi connectivity index (χ3v) is 6.09. The Morgan fingerprint density at radius 3 is 1.04 bits per heavy atom. The monoisotopic (exact) mass is 398 g/mol. The van der Waals surface area contributed by atoms with Gasteiger partial charge in [0.25, 0.3) is 0 Å². The summed E-state index contributed by atoms with van der Waals surface area (Å²) in [6, 6.07) is 0. The third-order valence-electron chi connectivity index (χ3n) is 6.09. The van der Waals surface area contributed by atoms with Crippen molar-refractivity contribution in [3.63, 3.8) is 0 Å². The van der Waals surface area contributed by atoms with E-state index in [1.54, 1.807) is 0 Å². The topological polar surface area (TPSA) is 40.5 Å². The van der Waals surface area contributed by atoms with E-state index in [0.29, 0.717) is 6.61 Å². The van der Waals surface area contributed by atoms with Crippen LogP contribution in [-0.4, -0.2) is 22.9 Å². The zero-order valence-electron chi connectivity index (χ0n) is 19.4. The first-order valence-electron chi connectivity index (χ1n) is 13.1. The Kier molecular flexibility index (Phi) is 24.9. The number of hydrogen-bond acceptors (Lipinski definition) is 2. The maximum Gasteiger partial charge on any atom is 0.0540 e. The number of aliphatic hydroxyl groups is 2. The van der Waals surface area contributed by atoms with Gasteiger partial charge in [0.15, 0.2) is 0 Å². The second-order valence-corrected chi connectivity index (χ2v) is 9.03. The SMILES string of the molecule is CCCCCCCCCCCCC(O)CCCCCCCCCCCCCO. The minimum atomic E-state index is -0.0482. The van der Waals surface area contributed by atoms with Gasteiger partial charge in [-0.2, -0.15) is 0 Å². The number of unbranched alkanes of at least 4 members (excludes halogenated alkanes) is 19. The van der Waals surface area contributed by atoms with Crippen LogP contribution in [0.15, 0.2) is 0 Å². The molecule has 0 aliphatic rings. The summed E-state index contributed by atoms with van der Waals surface area (Å²) in [5.74, 6) is 0. The summed E-state index contributed by atoms with van der Waals surface area (Å²) in [5.41, 5.74) is 0. The van der Waals surface area contributed by atoms with Crippen molar-refractivity contribution in [2.75, 3.05) is 6.61 Å². The van der Waals surface area contributed by atoms with Crippen LogP contribution in [0, 0.1) is 0 Å². The molecular formula is C26H54O2. The van der Waals surface area contributed by atoms with Crippen LogP contribution in [0.5, 0.6) is 0 Å². The molecule has 0 aliphatic heterocycles. The standard InChI is InChI=1S/C26H54O2/c1-2-3-4-5-6-7-11-14-17-20-23-26(28)24-21-18-15-12-9-8-10-13-16-19-22-25-27/h26-28H,2-25H2,1H3. The van der Waals surface area contributed by atoms with E-state index in [9.17, 15) is 5.11 Å². The molecule has 2 N–H and O–H groups in total. The molecule has 2 heteroatoms. The highest BCUT2D eigenvalue weighted by molar-refractivity contribution is 4.58. The molecule has 0 amide bonds. The van der Waals surface area contributed by atoms with Crippen LogP contribution in [0.2, 0.25) is 0 Å². The van der Waals surface area contributed by atoms with Crippen molar-refractivity contribution in [2.45, 2.75) is 161 Å². The Labute approximate surface area is 177 Å². The minimum absolute atomic E-state index is 0.0482. The molecule has 0 aromatic rings. The molecule has 0 aromatic heterocycles. The van der Waals surface area contributed by atoms with Gasteiger partial charge in [0.05, 0.1) is 6.10 Å². The number of hydrogen-bond donors (Lipinski definition) is 2. The van der Waals surface area contributed by atoms with Crippen molar-refractivity contribution in [3.05, 3.63) is 0 Å². The second kappa shape index (κ2) is 25.0. The predicted molar refractivity (Wildman–Crippen MR) is 125 cm³/mol. The van der Waals surface area contributed by atoms with Crippen molar-refractivity contribution in [2.24, 2.45) is 0 Å². The first-order chi connectivity index (χ1) is 13.8. The van der Waals surface area contributed by atoms with Gasteiger partial charge in [-0.3, -0.25) is 0 Å². The lowest BCUT2D eigenvalue weighted by Gasteiger charge is -2.10. The van der Waals surface area contributed by atoms with E-state index < -0.39 is 0 Å². The van der Waals surface area contributed by atoms with E-state index in [1.165, 1.54) is 128 Å². The van der Waals surface area contributed by atoms with Crippen LogP contribution in [0.4, 0.5) is 0 Å². The summed E-state index contributed by atoms with van der Waals surface area (Å²) < 4.78 is 0. The molecule has 0 bridgehead atoms. The fraction of sp³-hybridized carbons (Fsp3) is 1.00. The van der Waals surface area contributed by atoms with Crippen molar-refractivity contribution < 1.29 is 10.2 Å². The summed E-state index contributed by atoms with van der Waals surface area (Å²) in [4.78, 5) is 0. The molecule has 0 spiro atoms. The summed E-state index contributed by atoms with van der Waals surface area (Å²) in [5, 5.41) is 18.9. The quantitative estimate of drug-likeness (QED) is 0.160. The highest BCUT2D eigenvalue weighted by Gasteiger charge is 2.03. The summed E-state index contributed by atoms with van der Waals surface area (Å²) >= 11 is 0. The van der Waals surface area contributed by atoms with Gasteiger partial charge in [-0.15, -0.1) is 0 Å². The molecule has 0 radical (unpaired) electrons. The first kappa shape index (κ1) is 27.9. The average Bonchev–Trinajstić information content (AvgIpc) is 2.70. The van der Waals surface area contributed by atoms with Gasteiger partial charge in [-0.1, -0.05) is 135 Å². The van der Waals surface area contributed by atoms with Gasteiger partial charge in [-0.05, 0) is 19.3 Å². The Hall–Kier alpha value is -0.0800. The maximum atomic E-state index is 10.1. The van der Waals surface area contributed by atoms with Crippen LogP contribution < -0.4 is 0 Å². The largest absolute Gasteiger partial charge is 0.396 e. The second-order valence-electron chi connectivity index (χ2n) is 9.03. The lowest BCUT2D eigenvalue weighted by atomic mass is 10.0. The summed E-state index contributed by atoms with van der Waals surface area (Å²) in [6.45, 7) is 2.63. The van der Waals surface area contributed by atoms with E-state index >= 15 is 0 Å². The molecule has 0 aliphatic carbocycles. The van der Waals surface area contributed by atoms with E-state index in [1.807, 2.05) is 0 Å². The lowest BCUT2D eigenvalue weighted by Crippen LogP contribution is -2.05. The molecule has 2 nitrogen and oxygen atoms in total. The van der Waals surface area contributed by atoms with Crippen molar-refractivity contribution in [1.29, 1.82) is 0 Å². The van der Waals surface area contributed by atoms with Gasteiger partial charge >= 0.3 is 0 Å². The van der Waals surface area contributed by atoms with E-state index in [-0.39, 0.29) is 6.10 Å². The molecule has 0 rings (SSSR count). The van der Waals surface area contributed by atoms with E-state index in [0.717, 1.165) is 19.3 Å². The normalized spacial score (nSPS) is 12.5. The molecule has 0 saturated heterocycles. The Bertz CT molecular complexity index is 267. The zero-order chi connectivity index (χ0) is 20.5. The zero-order valence-corrected chi connectivity index (χ0v) is 19.4. The fourth-order valence-electron chi connectivity index (χ4n) is 4.09. The van der Waals surface area contributed by atoms with Gasteiger partial charge in [0.2, 0.25) is 0 Å². The Balaban J connectivity index is 3.12. The van der Waals surface area contributed by atoms with E-state index in [2.05, 4.69) is 6.92 Å². The van der Waals surface area contributed by atoms with Crippen LogP contribution in [0.3, 0.4) is 0 Å². The van der Waals surface area contributed by atoms with Crippen molar-refractivity contribution in [3.8, 4) is 0 Å². The average molecular weight is 399 g/mol. The van der Waals surface area contributed by atoms with Crippen molar-refractivity contribution >= 4 is 0 Å². The molecule has 28 heavy (non-hydrogen) atoms. The van der Waals surface area contributed by atoms with Gasteiger partial charge in [0.1, 0.15) is 0 Å². The molecule has 0 heterocycles. The first-order valence-corrected chi connectivity index (χ1v) is 13.1. The third kappa shape index (κ3) is 24.0. The minimum Gasteiger partial charge on any atom is -0.396 e. The molecule has 1 atom stereocenters. The molecule has 0 aromatic carbocycles. The maximum absolute atomic E-state index is 10.1. The smallest absolute Gasteiger partial charge is 0.0540 e. The lowest BCUT2D eigenvalue weighted by molar-refractivity contribution is 0.147. The fourth-order valence-corrected chi connectivity index (χ4v) is 4.09. The van der Waals surface area contributed by atoms with Crippen LogP contribution in [0.25, 0.3) is 0 Å². The number of aliphatic hydroxyl groups excluding tert-OH is 2. The molecule has 170 valence electrons. The summed E-state index contributed by atoms with van der Waals surface area (Å²) in [6.07, 6.45) is 29.8. The summed E-state index contributed by atoms with van der Waals surface area (Å²) in [7, 11) is 0. The highest BCUT2D eigenvalue weighted by Crippen LogP contribution is 2.16.